The zero-order valence-electron chi connectivity index (χ0n) is 12.4. The Labute approximate surface area is 122 Å². The third kappa shape index (κ3) is 1.36. The Morgan fingerprint density at radius 3 is 2.71 bits per heavy atom. The van der Waals surface area contributed by atoms with Gasteiger partial charge in [0.1, 0.15) is 0 Å². The summed E-state index contributed by atoms with van der Waals surface area (Å²) in [6, 6.07) is 4.75. The van der Waals surface area contributed by atoms with E-state index in [9.17, 15) is 10.1 Å². The molecule has 108 valence electrons. The van der Waals surface area contributed by atoms with Gasteiger partial charge in [-0.15, -0.1) is 0 Å². The zero-order valence-corrected chi connectivity index (χ0v) is 12.4. The van der Waals surface area contributed by atoms with Crippen LogP contribution < -0.4 is 0 Å². The largest absolute Gasteiger partial charge is 0.271 e. The summed E-state index contributed by atoms with van der Waals surface area (Å²) in [5.41, 5.74) is 3.84. The van der Waals surface area contributed by atoms with Crippen molar-refractivity contribution in [3.05, 3.63) is 39.7 Å². The normalized spacial score (nSPS) is 28.8. The van der Waals surface area contributed by atoms with E-state index < -0.39 is 0 Å². The quantitative estimate of drug-likeness (QED) is 0.591. The van der Waals surface area contributed by atoms with Crippen molar-refractivity contribution in [2.45, 2.75) is 44.9 Å². The van der Waals surface area contributed by atoms with Gasteiger partial charge in [0.25, 0.3) is 5.69 Å². The van der Waals surface area contributed by atoms with Crippen molar-refractivity contribution in [3.8, 4) is 0 Å². The lowest BCUT2D eigenvalue weighted by Gasteiger charge is -2.34. The second kappa shape index (κ2) is 3.59. The number of hydrogen-bond acceptors (Lipinski definition) is 4. The van der Waals surface area contributed by atoms with Crippen LogP contribution in [0, 0.1) is 15.5 Å². The third-order valence-electron chi connectivity index (χ3n) is 5.96. The van der Waals surface area contributed by atoms with E-state index >= 15 is 0 Å². The molecule has 2 aromatic rings. The monoisotopic (exact) mass is 283 g/mol. The van der Waals surface area contributed by atoms with Crippen molar-refractivity contribution in [2.75, 3.05) is 0 Å². The van der Waals surface area contributed by atoms with E-state index in [0.29, 0.717) is 11.4 Å². The molecule has 21 heavy (non-hydrogen) atoms. The molecule has 2 aliphatic rings. The van der Waals surface area contributed by atoms with Gasteiger partial charge >= 0.3 is 0 Å². The van der Waals surface area contributed by atoms with Gasteiger partial charge in [-0.1, -0.05) is 20.8 Å². The number of nitro benzene ring substituents is 1. The summed E-state index contributed by atoms with van der Waals surface area (Å²) in [4.78, 5) is 20.1. The van der Waals surface area contributed by atoms with E-state index in [1.165, 1.54) is 12.1 Å². The van der Waals surface area contributed by atoms with Crippen molar-refractivity contribution in [3.63, 3.8) is 0 Å². The summed E-state index contributed by atoms with van der Waals surface area (Å²) in [5.74, 6) is 0.411. The Morgan fingerprint density at radius 2 is 2.00 bits per heavy atom. The Hall–Kier alpha value is -2.04. The molecule has 1 heterocycles. The maximum Gasteiger partial charge on any atom is 0.271 e. The number of aromatic nitrogens is 2. The van der Waals surface area contributed by atoms with Crippen molar-refractivity contribution in [1.82, 2.24) is 9.97 Å². The van der Waals surface area contributed by atoms with Crippen LogP contribution in [0.4, 0.5) is 5.69 Å². The summed E-state index contributed by atoms with van der Waals surface area (Å²) >= 11 is 0. The van der Waals surface area contributed by atoms with Gasteiger partial charge < -0.3 is 0 Å². The van der Waals surface area contributed by atoms with Crippen LogP contribution in [-0.2, 0) is 5.41 Å². The second-order valence-corrected chi connectivity index (χ2v) is 7.03. The highest BCUT2D eigenvalue weighted by Gasteiger charge is 2.61. The molecular weight excluding hydrogens is 266 g/mol. The van der Waals surface area contributed by atoms with Crippen LogP contribution in [0.15, 0.2) is 18.2 Å². The highest BCUT2D eigenvalue weighted by Crippen LogP contribution is 2.66. The number of non-ortho nitro benzene ring substituents is 1. The topological polar surface area (TPSA) is 68.9 Å². The standard InChI is InChI=1S/C16H17N3O2/c1-15(2)10-6-7-16(15,3)14-13(10)17-12-8-9(19(20)21)4-5-11(12)18-14/h4-5,8,10H,6-7H2,1-3H3/t10-,16+/m0/s1. The maximum atomic E-state index is 10.9. The average Bonchev–Trinajstić information content (AvgIpc) is 2.76. The van der Waals surface area contributed by atoms with Gasteiger partial charge in [0.2, 0.25) is 0 Å². The molecule has 5 nitrogen and oxygen atoms in total. The first-order valence-electron chi connectivity index (χ1n) is 7.31. The van der Waals surface area contributed by atoms with Crippen LogP contribution in [0.3, 0.4) is 0 Å². The van der Waals surface area contributed by atoms with Gasteiger partial charge in [-0.05, 0) is 24.3 Å². The van der Waals surface area contributed by atoms with E-state index in [0.717, 1.165) is 29.7 Å². The number of benzene rings is 1. The number of fused-ring (bicyclic) bond motifs is 6. The van der Waals surface area contributed by atoms with E-state index in [1.807, 2.05) is 0 Å². The molecule has 1 fully saturated rings. The fraction of sp³-hybridized carbons (Fsp3) is 0.500. The van der Waals surface area contributed by atoms with Crippen molar-refractivity contribution in [2.24, 2.45) is 5.41 Å². The predicted octanol–water partition coefficient (Wildman–Crippen LogP) is 3.71. The fourth-order valence-electron chi connectivity index (χ4n) is 4.22. The molecule has 0 saturated heterocycles. The first-order chi connectivity index (χ1) is 9.84. The molecule has 1 aromatic heterocycles. The minimum absolute atomic E-state index is 0.0654. The Kier molecular flexibility index (Phi) is 2.17. The fourth-order valence-corrected chi connectivity index (χ4v) is 4.22. The third-order valence-corrected chi connectivity index (χ3v) is 5.96. The van der Waals surface area contributed by atoms with Crippen molar-refractivity contribution >= 4 is 16.7 Å². The minimum atomic E-state index is -0.383. The summed E-state index contributed by atoms with van der Waals surface area (Å²) in [5, 5.41) is 10.9. The molecule has 0 aliphatic heterocycles. The number of hydrogen-bond donors (Lipinski definition) is 0. The van der Waals surface area contributed by atoms with Crippen molar-refractivity contribution < 1.29 is 4.92 Å². The Bertz CT molecular complexity index is 799. The lowest BCUT2D eigenvalue weighted by Crippen LogP contribution is -2.31. The molecule has 0 radical (unpaired) electrons. The molecular formula is C16H17N3O2. The summed E-state index contributed by atoms with van der Waals surface area (Å²) in [7, 11) is 0. The van der Waals surface area contributed by atoms with E-state index in [-0.39, 0.29) is 21.4 Å². The summed E-state index contributed by atoms with van der Waals surface area (Å²) in [6.07, 6.45) is 2.27. The molecule has 2 bridgehead atoms. The minimum Gasteiger partial charge on any atom is -0.258 e. The summed E-state index contributed by atoms with van der Waals surface area (Å²) in [6.45, 7) is 6.87. The predicted molar refractivity (Wildman–Crippen MR) is 79.3 cm³/mol. The smallest absolute Gasteiger partial charge is 0.258 e. The van der Waals surface area contributed by atoms with E-state index in [4.69, 9.17) is 9.97 Å². The highest BCUT2D eigenvalue weighted by atomic mass is 16.6. The molecule has 1 saturated carbocycles. The lowest BCUT2D eigenvalue weighted by molar-refractivity contribution is -0.384. The maximum absolute atomic E-state index is 10.9. The van der Waals surface area contributed by atoms with Crippen LogP contribution in [-0.4, -0.2) is 14.9 Å². The lowest BCUT2D eigenvalue weighted by atomic mass is 9.70. The molecule has 2 aliphatic carbocycles. The van der Waals surface area contributed by atoms with Gasteiger partial charge in [0, 0.05) is 23.5 Å². The second-order valence-electron chi connectivity index (χ2n) is 7.03. The van der Waals surface area contributed by atoms with Crippen LogP contribution >= 0.6 is 0 Å². The SMILES string of the molecule is CC1(C)[C@H]2CC[C@]1(C)c1nc3ccc([N+](=O)[O-])cc3nc12. The van der Waals surface area contributed by atoms with Gasteiger partial charge in [-0.2, -0.15) is 0 Å². The molecule has 0 amide bonds. The number of nitrogens with zero attached hydrogens (tertiary/aromatic N) is 3. The van der Waals surface area contributed by atoms with E-state index in [2.05, 4.69) is 20.8 Å². The molecule has 0 spiro atoms. The van der Waals surface area contributed by atoms with Gasteiger partial charge in [-0.3, -0.25) is 10.1 Å². The van der Waals surface area contributed by atoms with Crippen LogP contribution in [0.5, 0.6) is 0 Å². The average molecular weight is 283 g/mol. The molecule has 2 atom stereocenters. The molecule has 4 rings (SSSR count). The zero-order chi connectivity index (χ0) is 15.0. The number of rotatable bonds is 1. The molecule has 1 aromatic carbocycles. The first kappa shape index (κ1) is 12.7. The first-order valence-corrected chi connectivity index (χ1v) is 7.31. The Balaban J connectivity index is 1.99. The van der Waals surface area contributed by atoms with Crippen molar-refractivity contribution in [1.29, 1.82) is 0 Å². The van der Waals surface area contributed by atoms with Crippen LogP contribution in [0.1, 0.15) is 50.9 Å². The van der Waals surface area contributed by atoms with Gasteiger partial charge in [-0.25, -0.2) is 9.97 Å². The van der Waals surface area contributed by atoms with Gasteiger partial charge in [0.05, 0.1) is 27.3 Å². The van der Waals surface area contributed by atoms with Crippen LogP contribution in [0.2, 0.25) is 0 Å². The highest BCUT2D eigenvalue weighted by molar-refractivity contribution is 5.78. The summed E-state index contributed by atoms with van der Waals surface area (Å²) < 4.78 is 0. The number of nitro groups is 1. The molecule has 0 N–H and O–H groups in total. The Morgan fingerprint density at radius 1 is 1.24 bits per heavy atom. The van der Waals surface area contributed by atoms with Crippen LogP contribution in [0.25, 0.3) is 11.0 Å². The molecule has 0 unspecified atom stereocenters. The van der Waals surface area contributed by atoms with Gasteiger partial charge in [0.15, 0.2) is 0 Å². The van der Waals surface area contributed by atoms with E-state index in [1.54, 1.807) is 6.07 Å². The molecule has 5 heteroatoms.